The van der Waals surface area contributed by atoms with Crippen molar-refractivity contribution in [3.8, 4) is 21.6 Å². The summed E-state index contributed by atoms with van der Waals surface area (Å²) in [6, 6.07) is 39.9. The molecule has 2 heteroatoms. The van der Waals surface area contributed by atoms with Crippen molar-refractivity contribution in [1.82, 2.24) is 0 Å². The van der Waals surface area contributed by atoms with Gasteiger partial charge in [0.05, 0.1) is 0 Å². The minimum atomic E-state index is 0.125. The topological polar surface area (TPSA) is 3.24 Å². The lowest BCUT2D eigenvalue weighted by atomic mass is 9.87. The highest BCUT2D eigenvalue weighted by molar-refractivity contribution is 7.15. The molecule has 0 spiro atoms. The number of aryl methyl sites for hydroxylation is 2. The lowest BCUT2D eigenvalue weighted by molar-refractivity contribution is 0.590. The highest BCUT2D eigenvalue weighted by Crippen LogP contribution is 2.38. The van der Waals surface area contributed by atoms with E-state index in [1.807, 2.05) is 11.3 Å². The Bertz CT molecular complexity index is 1430. The van der Waals surface area contributed by atoms with Gasteiger partial charge in [-0.25, -0.2) is 0 Å². The maximum atomic E-state index is 2.34. The van der Waals surface area contributed by atoms with E-state index >= 15 is 0 Å². The van der Waals surface area contributed by atoms with Crippen LogP contribution in [0.15, 0.2) is 109 Å². The van der Waals surface area contributed by atoms with Crippen LogP contribution in [0.25, 0.3) is 21.6 Å². The third-order valence-electron chi connectivity index (χ3n) is 6.65. The summed E-state index contributed by atoms with van der Waals surface area (Å²) in [5.41, 5.74) is 9.92. The zero-order chi connectivity index (χ0) is 25.3. The first-order valence-electron chi connectivity index (χ1n) is 12.5. The van der Waals surface area contributed by atoms with E-state index in [0.717, 1.165) is 17.1 Å². The second kappa shape index (κ2) is 9.79. The van der Waals surface area contributed by atoms with Crippen molar-refractivity contribution < 1.29 is 0 Å². The van der Waals surface area contributed by atoms with E-state index < -0.39 is 0 Å². The predicted molar refractivity (Wildman–Crippen MR) is 158 cm³/mol. The van der Waals surface area contributed by atoms with Crippen molar-refractivity contribution in [1.29, 1.82) is 0 Å². The van der Waals surface area contributed by atoms with E-state index in [1.54, 1.807) is 0 Å². The predicted octanol–water partition coefficient (Wildman–Crippen LogP) is 10.5. The van der Waals surface area contributed by atoms with Gasteiger partial charge >= 0.3 is 0 Å². The molecule has 0 bridgehead atoms. The number of rotatable bonds is 5. The monoisotopic (exact) mass is 487 g/mol. The van der Waals surface area contributed by atoms with Crippen molar-refractivity contribution in [3.63, 3.8) is 0 Å². The molecule has 5 aromatic rings. The number of hydrogen-bond acceptors (Lipinski definition) is 2. The Labute approximate surface area is 219 Å². The van der Waals surface area contributed by atoms with Crippen LogP contribution in [0.1, 0.15) is 36.8 Å². The molecule has 0 amide bonds. The first-order chi connectivity index (χ1) is 17.3. The number of nitrogens with zero attached hydrogens (tertiary/aromatic N) is 1. The Hall–Kier alpha value is -3.62. The maximum absolute atomic E-state index is 2.34. The van der Waals surface area contributed by atoms with Gasteiger partial charge < -0.3 is 4.90 Å². The van der Waals surface area contributed by atoms with E-state index in [4.69, 9.17) is 0 Å². The van der Waals surface area contributed by atoms with Crippen molar-refractivity contribution in [3.05, 3.63) is 125 Å². The largest absolute Gasteiger partial charge is 0.311 e. The lowest BCUT2D eigenvalue weighted by Gasteiger charge is -2.27. The zero-order valence-electron chi connectivity index (χ0n) is 21.7. The first kappa shape index (κ1) is 24.1. The lowest BCUT2D eigenvalue weighted by Crippen LogP contribution is -2.13. The Balaban J connectivity index is 1.53. The summed E-state index contributed by atoms with van der Waals surface area (Å²) in [4.78, 5) is 4.99. The van der Waals surface area contributed by atoms with E-state index in [2.05, 4.69) is 149 Å². The molecule has 5 rings (SSSR count). The van der Waals surface area contributed by atoms with Crippen LogP contribution in [0.3, 0.4) is 0 Å². The van der Waals surface area contributed by atoms with E-state index in [1.165, 1.54) is 37.6 Å². The standard InChI is InChI=1S/C34H33NS/c1-24-6-9-26(10-7-24)27-11-17-30(18-12-27)35(32-21-15-29(16-22-32)34(3,4)5)31-19-13-28(14-20-31)33-23-8-25(2)36-33/h6-23H,1-5H3. The third kappa shape index (κ3) is 5.15. The number of hydrogen-bond donors (Lipinski definition) is 0. The Morgan fingerprint density at radius 3 is 1.39 bits per heavy atom. The highest BCUT2D eigenvalue weighted by Gasteiger charge is 2.17. The summed E-state index contributed by atoms with van der Waals surface area (Å²) in [5.74, 6) is 0. The molecular weight excluding hydrogens is 454 g/mol. The molecule has 0 fully saturated rings. The van der Waals surface area contributed by atoms with Crippen molar-refractivity contribution in [2.45, 2.75) is 40.0 Å². The average molecular weight is 488 g/mol. The van der Waals surface area contributed by atoms with E-state index in [0.29, 0.717) is 0 Å². The van der Waals surface area contributed by atoms with Crippen LogP contribution in [-0.4, -0.2) is 0 Å². The number of thiophene rings is 1. The molecule has 0 aliphatic heterocycles. The zero-order valence-corrected chi connectivity index (χ0v) is 22.6. The molecule has 0 N–H and O–H groups in total. The molecule has 0 radical (unpaired) electrons. The second-order valence-electron chi connectivity index (χ2n) is 10.5. The third-order valence-corrected chi connectivity index (χ3v) is 7.70. The smallest absolute Gasteiger partial charge is 0.0462 e. The van der Waals surface area contributed by atoms with Gasteiger partial charge in [0.25, 0.3) is 0 Å². The van der Waals surface area contributed by atoms with Gasteiger partial charge in [-0.3, -0.25) is 0 Å². The molecule has 1 aromatic heterocycles. The molecule has 0 aliphatic rings. The quantitative estimate of drug-likeness (QED) is 0.238. The Morgan fingerprint density at radius 2 is 0.944 bits per heavy atom. The molecule has 1 heterocycles. The second-order valence-corrected chi connectivity index (χ2v) is 11.8. The summed E-state index contributed by atoms with van der Waals surface area (Å²) < 4.78 is 0. The average Bonchev–Trinajstić information content (AvgIpc) is 3.32. The summed E-state index contributed by atoms with van der Waals surface area (Å²) in [6.45, 7) is 11.1. The molecule has 0 aliphatic carbocycles. The molecule has 0 atom stereocenters. The van der Waals surface area contributed by atoms with Crippen LogP contribution < -0.4 is 4.90 Å². The fourth-order valence-electron chi connectivity index (χ4n) is 4.47. The summed E-state index contributed by atoms with van der Waals surface area (Å²) in [7, 11) is 0. The Morgan fingerprint density at radius 1 is 0.500 bits per heavy atom. The highest BCUT2D eigenvalue weighted by atomic mass is 32.1. The van der Waals surface area contributed by atoms with E-state index in [9.17, 15) is 0 Å². The van der Waals surface area contributed by atoms with Gasteiger partial charge in [0, 0.05) is 26.8 Å². The van der Waals surface area contributed by atoms with Crippen molar-refractivity contribution in [2.75, 3.05) is 4.90 Å². The Kier molecular flexibility index (Phi) is 6.55. The van der Waals surface area contributed by atoms with Crippen LogP contribution in [0.2, 0.25) is 0 Å². The summed E-state index contributed by atoms with van der Waals surface area (Å²) >= 11 is 1.84. The number of anilines is 3. The molecule has 0 saturated heterocycles. The van der Waals surface area contributed by atoms with Crippen LogP contribution in [0.4, 0.5) is 17.1 Å². The molecular formula is C34H33NS. The van der Waals surface area contributed by atoms with Crippen molar-refractivity contribution in [2.24, 2.45) is 0 Å². The van der Waals surface area contributed by atoms with Gasteiger partial charge in [-0.2, -0.15) is 0 Å². The molecule has 1 nitrogen and oxygen atoms in total. The fraction of sp³-hybridized carbons (Fsp3) is 0.176. The van der Waals surface area contributed by atoms with Gasteiger partial charge in [0.1, 0.15) is 0 Å². The minimum Gasteiger partial charge on any atom is -0.311 e. The van der Waals surface area contributed by atoms with Crippen LogP contribution >= 0.6 is 11.3 Å². The van der Waals surface area contributed by atoms with Crippen LogP contribution in [0, 0.1) is 13.8 Å². The molecule has 0 unspecified atom stereocenters. The van der Waals surface area contributed by atoms with Crippen molar-refractivity contribution >= 4 is 28.4 Å². The molecule has 180 valence electrons. The molecule has 0 saturated carbocycles. The van der Waals surface area contributed by atoms with Gasteiger partial charge in [0.2, 0.25) is 0 Å². The minimum absolute atomic E-state index is 0.125. The fourth-order valence-corrected chi connectivity index (χ4v) is 5.34. The molecule has 4 aromatic carbocycles. The van der Waals surface area contributed by atoms with Gasteiger partial charge in [-0.1, -0.05) is 87.0 Å². The van der Waals surface area contributed by atoms with Gasteiger partial charge in [-0.15, -0.1) is 11.3 Å². The van der Waals surface area contributed by atoms with Gasteiger partial charge in [-0.05, 0) is 90.0 Å². The normalized spacial score (nSPS) is 11.5. The molecule has 36 heavy (non-hydrogen) atoms. The van der Waals surface area contributed by atoms with E-state index in [-0.39, 0.29) is 5.41 Å². The summed E-state index contributed by atoms with van der Waals surface area (Å²) in [5, 5.41) is 0. The van der Waals surface area contributed by atoms with Crippen LogP contribution in [0.5, 0.6) is 0 Å². The van der Waals surface area contributed by atoms with Crippen LogP contribution in [-0.2, 0) is 5.41 Å². The maximum Gasteiger partial charge on any atom is 0.0462 e. The number of benzene rings is 4. The first-order valence-corrected chi connectivity index (χ1v) is 13.3. The van der Waals surface area contributed by atoms with Gasteiger partial charge in [0.15, 0.2) is 0 Å². The summed E-state index contributed by atoms with van der Waals surface area (Å²) in [6.07, 6.45) is 0. The SMILES string of the molecule is Cc1ccc(-c2ccc(N(c3ccc(-c4ccc(C)s4)cc3)c3ccc(C(C)(C)C)cc3)cc2)cc1.